The number of aliphatic hydroxyl groups excluding tert-OH is 1. The highest BCUT2D eigenvalue weighted by molar-refractivity contribution is 5.28. The van der Waals surface area contributed by atoms with Crippen LogP contribution in [0.25, 0.3) is 0 Å². The van der Waals surface area contributed by atoms with Crippen molar-refractivity contribution in [3.8, 4) is 5.75 Å². The average molecular weight is 317 g/mol. The number of hydrogen-bond donors (Lipinski definition) is 1. The molecule has 0 bridgehead atoms. The van der Waals surface area contributed by atoms with Crippen LogP contribution in [0.15, 0.2) is 36.8 Å². The van der Waals surface area contributed by atoms with Gasteiger partial charge in [0.1, 0.15) is 5.75 Å². The molecule has 0 fully saturated rings. The van der Waals surface area contributed by atoms with Gasteiger partial charge in [0.2, 0.25) is 0 Å². The number of ether oxygens (including phenoxy) is 1. The van der Waals surface area contributed by atoms with Gasteiger partial charge in [-0.3, -0.25) is 4.90 Å². The molecule has 0 spiro atoms. The molecule has 1 heterocycles. The van der Waals surface area contributed by atoms with Crippen LogP contribution in [0.4, 0.5) is 0 Å². The third-order valence-corrected chi connectivity index (χ3v) is 3.61. The Morgan fingerprint density at radius 2 is 2.13 bits per heavy atom. The van der Waals surface area contributed by atoms with Crippen molar-refractivity contribution >= 4 is 0 Å². The van der Waals surface area contributed by atoms with E-state index in [-0.39, 0.29) is 6.61 Å². The molecular formula is C18H27N3O2. The molecule has 1 aromatic carbocycles. The SMILES string of the molecule is CC(C)COc1cccc(CN(CCO)Cc2cncn2C)c1. The Balaban J connectivity index is 2.01. The van der Waals surface area contributed by atoms with Crippen LogP contribution < -0.4 is 4.74 Å². The molecule has 1 N–H and O–H groups in total. The van der Waals surface area contributed by atoms with E-state index in [9.17, 15) is 5.11 Å². The highest BCUT2D eigenvalue weighted by Crippen LogP contribution is 2.17. The van der Waals surface area contributed by atoms with E-state index >= 15 is 0 Å². The fourth-order valence-corrected chi connectivity index (χ4v) is 2.38. The van der Waals surface area contributed by atoms with Crippen LogP contribution in [0, 0.1) is 5.92 Å². The van der Waals surface area contributed by atoms with Crippen molar-refractivity contribution in [3.63, 3.8) is 0 Å². The summed E-state index contributed by atoms with van der Waals surface area (Å²) >= 11 is 0. The zero-order chi connectivity index (χ0) is 16.7. The maximum atomic E-state index is 9.32. The Morgan fingerprint density at radius 3 is 2.78 bits per heavy atom. The smallest absolute Gasteiger partial charge is 0.119 e. The lowest BCUT2D eigenvalue weighted by molar-refractivity contribution is 0.181. The summed E-state index contributed by atoms with van der Waals surface area (Å²) in [7, 11) is 1.99. The van der Waals surface area contributed by atoms with Crippen LogP contribution in [0.5, 0.6) is 5.75 Å². The lowest BCUT2D eigenvalue weighted by atomic mass is 10.2. The molecule has 2 aromatic rings. The summed E-state index contributed by atoms with van der Waals surface area (Å²) in [5, 5.41) is 9.32. The van der Waals surface area contributed by atoms with Gasteiger partial charge in [-0.15, -0.1) is 0 Å². The highest BCUT2D eigenvalue weighted by Gasteiger charge is 2.10. The third-order valence-electron chi connectivity index (χ3n) is 3.61. The normalized spacial score (nSPS) is 11.4. The van der Waals surface area contributed by atoms with Crippen LogP contribution in [0.2, 0.25) is 0 Å². The van der Waals surface area contributed by atoms with Crippen LogP contribution >= 0.6 is 0 Å². The van der Waals surface area contributed by atoms with E-state index in [1.165, 1.54) is 5.56 Å². The number of imidazole rings is 1. The van der Waals surface area contributed by atoms with E-state index in [2.05, 4.69) is 35.9 Å². The second kappa shape index (κ2) is 8.70. The summed E-state index contributed by atoms with van der Waals surface area (Å²) in [5.74, 6) is 1.41. The van der Waals surface area contributed by atoms with Gasteiger partial charge in [0.05, 0.1) is 25.2 Å². The molecule has 0 aliphatic rings. The lowest BCUT2D eigenvalue weighted by Gasteiger charge is -2.22. The fourth-order valence-electron chi connectivity index (χ4n) is 2.38. The Morgan fingerprint density at radius 1 is 1.30 bits per heavy atom. The van der Waals surface area contributed by atoms with Gasteiger partial charge < -0.3 is 14.4 Å². The molecule has 0 unspecified atom stereocenters. The molecule has 2 rings (SSSR count). The van der Waals surface area contributed by atoms with Crippen molar-refractivity contribution in [2.75, 3.05) is 19.8 Å². The molecule has 0 atom stereocenters. The largest absolute Gasteiger partial charge is 0.493 e. The van der Waals surface area contributed by atoms with Crippen molar-refractivity contribution < 1.29 is 9.84 Å². The number of aryl methyl sites for hydroxylation is 1. The van der Waals surface area contributed by atoms with Gasteiger partial charge in [-0.05, 0) is 23.6 Å². The van der Waals surface area contributed by atoms with Crippen molar-refractivity contribution in [2.45, 2.75) is 26.9 Å². The molecular weight excluding hydrogens is 290 g/mol. The first-order valence-corrected chi connectivity index (χ1v) is 8.08. The number of aromatic nitrogens is 2. The predicted octanol–water partition coefficient (Wildman–Crippen LogP) is 2.45. The number of aliphatic hydroxyl groups is 1. The van der Waals surface area contributed by atoms with Gasteiger partial charge in [-0.2, -0.15) is 0 Å². The van der Waals surface area contributed by atoms with Crippen LogP contribution in [-0.2, 0) is 20.1 Å². The Hall–Kier alpha value is -1.85. The van der Waals surface area contributed by atoms with Crippen LogP contribution in [-0.4, -0.2) is 39.3 Å². The minimum Gasteiger partial charge on any atom is -0.493 e. The first-order valence-electron chi connectivity index (χ1n) is 8.08. The predicted molar refractivity (Wildman–Crippen MR) is 91.2 cm³/mol. The van der Waals surface area contributed by atoms with Crippen LogP contribution in [0.1, 0.15) is 25.1 Å². The Bertz CT molecular complexity index is 595. The van der Waals surface area contributed by atoms with Crippen molar-refractivity contribution in [1.82, 2.24) is 14.5 Å². The van der Waals surface area contributed by atoms with Gasteiger partial charge >= 0.3 is 0 Å². The average Bonchev–Trinajstić information content (AvgIpc) is 2.91. The molecule has 0 amide bonds. The number of benzene rings is 1. The topological polar surface area (TPSA) is 50.5 Å². The number of nitrogens with zero attached hydrogens (tertiary/aromatic N) is 3. The second-order valence-corrected chi connectivity index (χ2v) is 6.28. The van der Waals surface area contributed by atoms with Gasteiger partial charge in [0.15, 0.2) is 0 Å². The quantitative estimate of drug-likeness (QED) is 0.772. The molecule has 0 radical (unpaired) electrons. The Labute approximate surface area is 138 Å². The Kier molecular flexibility index (Phi) is 6.62. The van der Waals surface area contributed by atoms with Gasteiger partial charge in [0.25, 0.3) is 0 Å². The van der Waals surface area contributed by atoms with Crippen LogP contribution in [0.3, 0.4) is 0 Å². The molecule has 5 nitrogen and oxygen atoms in total. The summed E-state index contributed by atoms with van der Waals surface area (Å²) in [4.78, 5) is 6.36. The molecule has 23 heavy (non-hydrogen) atoms. The van der Waals surface area contributed by atoms with E-state index in [4.69, 9.17) is 4.74 Å². The minimum atomic E-state index is 0.140. The third kappa shape index (κ3) is 5.69. The number of rotatable bonds is 9. The molecule has 0 saturated carbocycles. The first kappa shape index (κ1) is 17.5. The maximum absolute atomic E-state index is 9.32. The van der Waals surface area contributed by atoms with Gasteiger partial charge in [0, 0.05) is 32.9 Å². The second-order valence-electron chi connectivity index (χ2n) is 6.28. The van der Waals surface area contributed by atoms with Crippen molar-refractivity contribution in [1.29, 1.82) is 0 Å². The van der Waals surface area contributed by atoms with E-state index < -0.39 is 0 Å². The molecule has 5 heteroatoms. The van der Waals surface area contributed by atoms with Gasteiger partial charge in [-0.25, -0.2) is 4.98 Å². The minimum absolute atomic E-state index is 0.140. The van der Waals surface area contributed by atoms with E-state index in [0.29, 0.717) is 12.5 Å². The summed E-state index contributed by atoms with van der Waals surface area (Å²) < 4.78 is 7.80. The van der Waals surface area contributed by atoms with Gasteiger partial charge in [-0.1, -0.05) is 26.0 Å². The van der Waals surface area contributed by atoms with E-state index in [1.807, 2.05) is 29.9 Å². The summed E-state index contributed by atoms with van der Waals surface area (Å²) in [5.41, 5.74) is 2.31. The molecule has 1 aromatic heterocycles. The molecule has 0 saturated heterocycles. The summed E-state index contributed by atoms with van der Waals surface area (Å²) in [6, 6.07) is 8.18. The lowest BCUT2D eigenvalue weighted by Crippen LogP contribution is -2.27. The molecule has 126 valence electrons. The van der Waals surface area contributed by atoms with E-state index in [0.717, 1.165) is 31.1 Å². The zero-order valence-electron chi connectivity index (χ0n) is 14.3. The first-order chi connectivity index (χ1) is 11.1. The van der Waals surface area contributed by atoms with Crippen molar-refractivity contribution in [3.05, 3.63) is 48.0 Å². The zero-order valence-corrected chi connectivity index (χ0v) is 14.3. The summed E-state index contributed by atoms with van der Waals surface area (Å²) in [6.45, 7) is 7.29. The molecule has 0 aliphatic carbocycles. The molecule has 0 aliphatic heterocycles. The van der Waals surface area contributed by atoms with Crippen molar-refractivity contribution in [2.24, 2.45) is 13.0 Å². The highest BCUT2D eigenvalue weighted by atomic mass is 16.5. The maximum Gasteiger partial charge on any atom is 0.119 e. The summed E-state index contributed by atoms with van der Waals surface area (Å²) in [6.07, 6.45) is 3.67. The number of hydrogen-bond acceptors (Lipinski definition) is 4. The van der Waals surface area contributed by atoms with E-state index in [1.54, 1.807) is 6.33 Å². The monoisotopic (exact) mass is 317 g/mol. The standard InChI is InChI=1S/C18H27N3O2/c1-15(2)13-23-18-6-4-5-16(9-18)11-21(7-8-22)12-17-10-19-14-20(17)3/h4-6,9-10,14-15,22H,7-8,11-13H2,1-3H3. The fraction of sp³-hybridized carbons (Fsp3) is 0.500.